The van der Waals surface area contributed by atoms with Crippen molar-refractivity contribution < 1.29 is 0 Å². The lowest BCUT2D eigenvalue weighted by Gasteiger charge is -2.11. The van der Waals surface area contributed by atoms with Crippen molar-refractivity contribution in [1.82, 2.24) is 14.1 Å². The number of hydrogen-bond donors (Lipinski definition) is 0. The molecule has 42 heavy (non-hydrogen) atoms. The summed E-state index contributed by atoms with van der Waals surface area (Å²) in [5.41, 5.74) is 7.95. The van der Waals surface area contributed by atoms with E-state index in [1.807, 2.05) is 24.5 Å². The van der Waals surface area contributed by atoms with E-state index in [1.165, 1.54) is 43.4 Å². The molecule has 0 unspecified atom stereocenters. The second kappa shape index (κ2) is 9.46. The van der Waals surface area contributed by atoms with Crippen molar-refractivity contribution in [1.29, 1.82) is 0 Å². The fourth-order valence-electron chi connectivity index (χ4n) is 6.42. The van der Waals surface area contributed by atoms with Crippen molar-refractivity contribution in [3.8, 4) is 16.8 Å². The first kappa shape index (κ1) is 24.2. The zero-order valence-corrected chi connectivity index (χ0v) is 23.0. The van der Waals surface area contributed by atoms with Crippen LogP contribution in [0.2, 0.25) is 0 Å². The molecule has 0 saturated heterocycles. The predicted octanol–water partition coefficient (Wildman–Crippen LogP) is 10.3. The Kier molecular flexibility index (Phi) is 5.44. The van der Waals surface area contributed by atoms with Crippen LogP contribution in [-0.2, 0) is 0 Å². The van der Waals surface area contributed by atoms with E-state index in [-0.39, 0.29) is 0 Å². The zero-order valence-electron chi connectivity index (χ0n) is 23.0. The molecule has 0 aliphatic carbocycles. The molecule has 3 nitrogen and oxygen atoms in total. The Balaban J connectivity index is 1.35. The zero-order chi connectivity index (χ0) is 28.2. The molecule has 0 atom stereocenters. The summed E-state index contributed by atoms with van der Waals surface area (Å²) in [4.78, 5) is 4.50. The number of hydrogen-bond acceptors (Lipinski definition) is 1. The maximum Gasteiger partial charge on any atom is 0.0547 e. The van der Waals surface area contributed by atoms with Crippen LogP contribution in [-0.4, -0.2) is 14.1 Å². The van der Waals surface area contributed by atoms with Crippen LogP contribution in [0.3, 0.4) is 0 Å². The molecular formula is C39H27N3. The van der Waals surface area contributed by atoms with E-state index in [2.05, 4.69) is 137 Å². The lowest BCUT2D eigenvalue weighted by Crippen LogP contribution is -1.94. The van der Waals surface area contributed by atoms with E-state index >= 15 is 0 Å². The van der Waals surface area contributed by atoms with E-state index in [4.69, 9.17) is 0 Å². The van der Waals surface area contributed by atoms with Crippen molar-refractivity contribution in [2.24, 2.45) is 0 Å². The molecule has 3 aromatic heterocycles. The molecule has 0 amide bonds. The molecule has 8 aromatic rings. The SMILES string of the molecule is C=C/C=C(\C=C)n1ccc2c3cc4c(cc3ccc21)c1ccccc1n4-c1ccc(-c2cncc3ccccc23)cc1. The van der Waals surface area contributed by atoms with Gasteiger partial charge in [0.2, 0.25) is 0 Å². The summed E-state index contributed by atoms with van der Waals surface area (Å²) < 4.78 is 4.56. The Labute approximate surface area is 243 Å². The first-order chi connectivity index (χ1) is 20.7. The molecule has 5 aromatic carbocycles. The van der Waals surface area contributed by atoms with Gasteiger partial charge in [-0.25, -0.2) is 0 Å². The topological polar surface area (TPSA) is 22.8 Å². The average molecular weight is 538 g/mol. The summed E-state index contributed by atoms with van der Waals surface area (Å²) in [5, 5.41) is 8.51. The highest BCUT2D eigenvalue weighted by Crippen LogP contribution is 2.38. The van der Waals surface area contributed by atoms with Gasteiger partial charge in [-0.05, 0) is 76.3 Å². The number of benzene rings is 5. The van der Waals surface area contributed by atoms with Crippen LogP contribution in [0, 0.1) is 0 Å². The molecule has 0 N–H and O–H groups in total. The highest BCUT2D eigenvalue weighted by atomic mass is 15.0. The predicted molar refractivity (Wildman–Crippen MR) is 179 cm³/mol. The molecule has 0 saturated carbocycles. The van der Waals surface area contributed by atoms with Crippen molar-refractivity contribution in [2.75, 3.05) is 0 Å². The molecule has 0 fully saturated rings. The van der Waals surface area contributed by atoms with Gasteiger partial charge in [0.05, 0.1) is 16.6 Å². The molecule has 0 bridgehead atoms. The molecule has 3 heterocycles. The van der Waals surface area contributed by atoms with Crippen LogP contribution in [0.1, 0.15) is 0 Å². The van der Waals surface area contributed by atoms with Gasteiger partial charge in [0.25, 0.3) is 0 Å². The standard InChI is InChI=1S/C39H27N3/c1-3-9-29(4-2)41-21-20-33-34-23-39-35(22-27(34)16-19-37(33)41)32-12-7-8-13-38(32)42(39)30-17-14-26(15-18-30)36-25-40-24-28-10-5-6-11-31(28)36/h3-25H,1-2H2/b29-9+. The maximum absolute atomic E-state index is 4.50. The first-order valence-electron chi connectivity index (χ1n) is 14.1. The Morgan fingerprint density at radius 3 is 2.24 bits per heavy atom. The lowest BCUT2D eigenvalue weighted by molar-refractivity contribution is 1.18. The van der Waals surface area contributed by atoms with Gasteiger partial charge in [-0.1, -0.05) is 79.9 Å². The van der Waals surface area contributed by atoms with Gasteiger partial charge in [-0.15, -0.1) is 0 Å². The van der Waals surface area contributed by atoms with Crippen LogP contribution in [0.15, 0.2) is 153 Å². The molecule has 8 rings (SSSR count). The Hall–Kier alpha value is -5.67. The third kappa shape index (κ3) is 3.57. The van der Waals surface area contributed by atoms with Gasteiger partial charge < -0.3 is 9.13 Å². The van der Waals surface area contributed by atoms with Gasteiger partial charge in [0, 0.05) is 57.1 Å². The highest BCUT2D eigenvalue weighted by Gasteiger charge is 2.15. The summed E-state index contributed by atoms with van der Waals surface area (Å²) in [7, 11) is 0. The summed E-state index contributed by atoms with van der Waals surface area (Å²) in [5.74, 6) is 0. The van der Waals surface area contributed by atoms with Crippen molar-refractivity contribution in [2.45, 2.75) is 0 Å². The number of pyridine rings is 1. The summed E-state index contributed by atoms with van der Waals surface area (Å²) in [6.07, 6.45) is 11.6. The molecule has 3 heteroatoms. The largest absolute Gasteiger partial charge is 0.317 e. The minimum absolute atomic E-state index is 0.996. The fourth-order valence-corrected chi connectivity index (χ4v) is 6.42. The quantitative estimate of drug-likeness (QED) is 0.200. The van der Waals surface area contributed by atoms with Gasteiger partial charge in [0.1, 0.15) is 0 Å². The monoisotopic (exact) mass is 537 g/mol. The minimum Gasteiger partial charge on any atom is -0.317 e. The Bertz CT molecular complexity index is 2370. The van der Waals surface area contributed by atoms with Crippen LogP contribution in [0.4, 0.5) is 0 Å². The number of aromatic nitrogens is 3. The van der Waals surface area contributed by atoms with Crippen LogP contribution >= 0.6 is 0 Å². The summed E-state index contributed by atoms with van der Waals surface area (Å²) in [6.45, 7) is 7.89. The van der Waals surface area contributed by atoms with E-state index in [1.54, 1.807) is 6.08 Å². The average Bonchev–Trinajstić information content (AvgIpc) is 3.62. The van der Waals surface area contributed by atoms with E-state index in [0.717, 1.165) is 33.4 Å². The first-order valence-corrected chi connectivity index (χ1v) is 14.1. The third-order valence-electron chi connectivity index (χ3n) is 8.36. The summed E-state index contributed by atoms with van der Waals surface area (Å²) in [6, 6.07) is 37.3. The van der Waals surface area contributed by atoms with Crippen LogP contribution < -0.4 is 0 Å². The molecule has 0 spiro atoms. The van der Waals surface area contributed by atoms with Gasteiger partial charge in [0.15, 0.2) is 0 Å². The second-order valence-electron chi connectivity index (χ2n) is 10.6. The number of para-hydroxylation sites is 1. The smallest absolute Gasteiger partial charge is 0.0547 e. The second-order valence-corrected chi connectivity index (χ2v) is 10.6. The third-order valence-corrected chi connectivity index (χ3v) is 8.36. The summed E-state index contributed by atoms with van der Waals surface area (Å²) >= 11 is 0. The van der Waals surface area contributed by atoms with Crippen molar-refractivity contribution in [3.05, 3.63) is 153 Å². The molecule has 0 radical (unpaired) electrons. The Morgan fingerprint density at radius 2 is 1.40 bits per heavy atom. The highest BCUT2D eigenvalue weighted by molar-refractivity contribution is 6.18. The lowest BCUT2D eigenvalue weighted by atomic mass is 10.0. The van der Waals surface area contributed by atoms with E-state index in [0.29, 0.717) is 0 Å². The molecular weight excluding hydrogens is 510 g/mol. The number of fused-ring (bicyclic) bond motifs is 7. The van der Waals surface area contributed by atoms with E-state index < -0.39 is 0 Å². The number of allylic oxidation sites excluding steroid dienone is 4. The van der Waals surface area contributed by atoms with Crippen molar-refractivity contribution in [3.63, 3.8) is 0 Å². The molecule has 0 aliphatic rings. The van der Waals surface area contributed by atoms with Crippen molar-refractivity contribution >= 4 is 60.0 Å². The van der Waals surface area contributed by atoms with Gasteiger partial charge in [-0.3, -0.25) is 4.98 Å². The van der Waals surface area contributed by atoms with Gasteiger partial charge in [-0.2, -0.15) is 0 Å². The fraction of sp³-hybridized carbons (Fsp3) is 0. The molecule has 198 valence electrons. The van der Waals surface area contributed by atoms with E-state index in [9.17, 15) is 0 Å². The maximum atomic E-state index is 4.50. The van der Waals surface area contributed by atoms with Crippen LogP contribution in [0.25, 0.3) is 76.8 Å². The minimum atomic E-state index is 0.996. The normalized spacial score (nSPS) is 12.1. The number of nitrogens with zero attached hydrogens (tertiary/aromatic N) is 3. The van der Waals surface area contributed by atoms with Gasteiger partial charge >= 0.3 is 0 Å². The number of rotatable bonds is 5. The van der Waals surface area contributed by atoms with Crippen LogP contribution in [0.5, 0.6) is 0 Å². The molecule has 0 aliphatic heterocycles. The Morgan fingerprint density at radius 1 is 0.619 bits per heavy atom.